The predicted octanol–water partition coefficient (Wildman–Crippen LogP) is 2.18. The average Bonchev–Trinajstić information content (AvgIpc) is 2.67. The zero-order chi connectivity index (χ0) is 18.1. The lowest BCUT2D eigenvalue weighted by atomic mass is 10.0. The van der Waals surface area contributed by atoms with E-state index >= 15 is 0 Å². The number of quaternary nitrogens is 1. The molecule has 1 saturated heterocycles. The predicted molar refractivity (Wildman–Crippen MR) is 104 cm³/mol. The Balaban J connectivity index is 1.81. The highest BCUT2D eigenvalue weighted by Crippen LogP contribution is 2.26. The monoisotopic (exact) mass is 346 g/mol. The lowest BCUT2D eigenvalue weighted by Crippen LogP contribution is -3.12. The van der Waals surface area contributed by atoms with Crippen LogP contribution in [0.5, 0.6) is 0 Å². The van der Waals surface area contributed by atoms with Crippen molar-refractivity contribution in [3.8, 4) is 11.3 Å². The fourth-order valence-corrected chi connectivity index (χ4v) is 3.57. The van der Waals surface area contributed by atoms with E-state index in [0.29, 0.717) is 0 Å². The Labute approximate surface area is 154 Å². The normalized spacial score (nSPS) is 15.4. The summed E-state index contributed by atoms with van der Waals surface area (Å²) in [6.45, 7) is 5.68. The van der Waals surface area contributed by atoms with Crippen LogP contribution in [0.15, 0.2) is 54.6 Å². The number of rotatable bonds is 2. The molecule has 0 atom stereocenters. The first-order chi connectivity index (χ1) is 12.6. The molecule has 1 aromatic heterocycles. The number of benzene rings is 2. The summed E-state index contributed by atoms with van der Waals surface area (Å²) in [6, 6.07) is 18.2. The summed E-state index contributed by atoms with van der Waals surface area (Å²) in [6.07, 6.45) is 0. The zero-order valence-corrected chi connectivity index (χ0v) is 15.3. The van der Waals surface area contributed by atoms with E-state index in [4.69, 9.17) is 4.98 Å². The molecule has 1 aliphatic rings. The topological polar surface area (TPSA) is 37.6 Å². The van der Waals surface area contributed by atoms with E-state index in [1.165, 1.54) is 10.5 Å². The van der Waals surface area contributed by atoms with Crippen LogP contribution in [-0.4, -0.2) is 49.0 Å². The molecule has 3 aromatic rings. The molecule has 0 unspecified atom stereocenters. The van der Waals surface area contributed by atoms with Crippen molar-refractivity contribution in [3.05, 3.63) is 65.7 Å². The Morgan fingerprint density at radius 2 is 1.81 bits per heavy atom. The van der Waals surface area contributed by atoms with Crippen LogP contribution in [0.25, 0.3) is 22.2 Å². The fraction of sp³-hybridized carbons (Fsp3) is 0.273. The molecule has 4 heteroatoms. The first kappa shape index (κ1) is 16.7. The number of para-hydroxylation sites is 1. The maximum absolute atomic E-state index is 13.3. The van der Waals surface area contributed by atoms with Gasteiger partial charge in [-0.05, 0) is 25.1 Å². The molecule has 0 radical (unpaired) electrons. The van der Waals surface area contributed by atoms with Gasteiger partial charge in [0.2, 0.25) is 0 Å². The number of aromatic nitrogens is 1. The minimum absolute atomic E-state index is 0.116. The van der Waals surface area contributed by atoms with Gasteiger partial charge in [0.1, 0.15) is 0 Å². The van der Waals surface area contributed by atoms with Crippen molar-refractivity contribution in [2.75, 3.05) is 33.2 Å². The molecule has 0 spiro atoms. The van der Waals surface area contributed by atoms with Gasteiger partial charge in [0.25, 0.3) is 5.91 Å². The van der Waals surface area contributed by atoms with Crippen molar-refractivity contribution in [2.24, 2.45) is 0 Å². The number of fused-ring (bicyclic) bond motifs is 1. The number of aryl methyl sites for hydroxylation is 1. The van der Waals surface area contributed by atoms with Crippen LogP contribution in [0.4, 0.5) is 0 Å². The summed E-state index contributed by atoms with van der Waals surface area (Å²) in [5.74, 6) is 0.116. The maximum atomic E-state index is 13.3. The summed E-state index contributed by atoms with van der Waals surface area (Å²) >= 11 is 0. The van der Waals surface area contributed by atoms with E-state index in [-0.39, 0.29) is 5.91 Å². The standard InChI is InChI=1S/C22H23N3O/c1-16-6-5-7-17(14-16)21-15-19(18-8-3-4-9-20(18)23-21)22(26)25-12-10-24(2)11-13-25/h3-9,14-15H,10-13H2,1-2H3/p+1. The van der Waals surface area contributed by atoms with Gasteiger partial charge in [-0.3, -0.25) is 4.79 Å². The molecule has 132 valence electrons. The first-order valence-corrected chi connectivity index (χ1v) is 9.19. The first-order valence-electron chi connectivity index (χ1n) is 9.19. The van der Waals surface area contributed by atoms with Crippen molar-refractivity contribution in [1.29, 1.82) is 0 Å². The molecular weight excluding hydrogens is 322 g/mol. The summed E-state index contributed by atoms with van der Waals surface area (Å²) in [4.78, 5) is 21.5. The Morgan fingerprint density at radius 3 is 2.58 bits per heavy atom. The second kappa shape index (κ2) is 6.89. The van der Waals surface area contributed by atoms with Crippen LogP contribution in [0.1, 0.15) is 15.9 Å². The van der Waals surface area contributed by atoms with E-state index in [2.05, 4.69) is 32.2 Å². The van der Waals surface area contributed by atoms with Crippen molar-refractivity contribution in [1.82, 2.24) is 9.88 Å². The number of carbonyl (C=O) groups excluding carboxylic acids is 1. The van der Waals surface area contributed by atoms with Gasteiger partial charge in [-0.15, -0.1) is 0 Å². The van der Waals surface area contributed by atoms with Crippen molar-refractivity contribution in [3.63, 3.8) is 0 Å². The molecule has 1 N–H and O–H groups in total. The fourth-order valence-electron chi connectivity index (χ4n) is 3.57. The quantitative estimate of drug-likeness (QED) is 0.772. The van der Waals surface area contributed by atoms with E-state index < -0.39 is 0 Å². The third-order valence-corrected chi connectivity index (χ3v) is 5.16. The number of piperazine rings is 1. The second-order valence-corrected chi connectivity index (χ2v) is 7.19. The van der Waals surface area contributed by atoms with Crippen molar-refractivity contribution in [2.45, 2.75) is 6.92 Å². The Kier molecular flexibility index (Phi) is 4.43. The van der Waals surface area contributed by atoms with E-state index in [1.54, 1.807) is 0 Å². The van der Waals surface area contributed by atoms with Crippen LogP contribution >= 0.6 is 0 Å². The van der Waals surface area contributed by atoms with Gasteiger partial charge in [0.05, 0.1) is 50.0 Å². The third kappa shape index (κ3) is 3.20. The van der Waals surface area contributed by atoms with Gasteiger partial charge in [-0.1, -0.05) is 42.0 Å². The van der Waals surface area contributed by atoms with Crippen LogP contribution in [0.3, 0.4) is 0 Å². The number of nitrogens with zero attached hydrogens (tertiary/aromatic N) is 2. The van der Waals surface area contributed by atoms with Crippen LogP contribution < -0.4 is 4.90 Å². The average molecular weight is 346 g/mol. The molecule has 4 rings (SSSR count). The molecule has 2 aromatic carbocycles. The minimum Gasteiger partial charge on any atom is -0.334 e. The van der Waals surface area contributed by atoms with Crippen molar-refractivity contribution < 1.29 is 9.69 Å². The van der Waals surface area contributed by atoms with Crippen molar-refractivity contribution >= 4 is 16.8 Å². The smallest absolute Gasteiger partial charge is 0.255 e. The van der Waals surface area contributed by atoms with E-state index in [0.717, 1.165) is 53.9 Å². The Morgan fingerprint density at radius 1 is 1.04 bits per heavy atom. The highest BCUT2D eigenvalue weighted by atomic mass is 16.2. The number of carbonyl (C=O) groups is 1. The molecule has 0 saturated carbocycles. The van der Waals surface area contributed by atoms with Gasteiger partial charge in [0, 0.05) is 10.9 Å². The summed E-state index contributed by atoms with van der Waals surface area (Å²) < 4.78 is 0. The van der Waals surface area contributed by atoms with Crippen LogP contribution in [0, 0.1) is 6.92 Å². The third-order valence-electron chi connectivity index (χ3n) is 5.16. The van der Waals surface area contributed by atoms with Crippen LogP contribution in [0.2, 0.25) is 0 Å². The van der Waals surface area contributed by atoms with E-state index in [9.17, 15) is 4.79 Å². The largest absolute Gasteiger partial charge is 0.334 e. The van der Waals surface area contributed by atoms with Crippen LogP contribution in [-0.2, 0) is 0 Å². The highest BCUT2D eigenvalue weighted by Gasteiger charge is 2.24. The van der Waals surface area contributed by atoms with Gasteiger partial charge in [-0.25, -0.2) is 4.98 Å². The molecule has 26 heavy (non-hydrogen) atoms. The molecule has 1 amide bonds. The lowest BCUT2D eigenvalue weighted by Gasteiger charge is -2.30. The number of likely N-dealkylation sites (N-methyl/N-ethyl adjacent to an activating group) is 1. The van der Waals surface area contributed by atoms with Gasteiger partial charge >= 0.3 is 0 Å². The Bertz CT molecular complexity index is 959. The summed E-state index contributed by atoms with van der Waals surface area (Å²) in [5, 5.41) is 0.931. The zero-order valence-electron chi connectivity index (χ0n) is 15.3. The molecular formula is C22H24N3O+. The number of pyridine rings is 1. The number of hydrogen-bond donors (Lipinski definition) is 1. The molecule has 4 nitrogen and oxygen atoms in total. The lowest BCUT2D eigenvalue weighted by molar-refractivity contribution is -0.883. The molecule has 0 aliphatic carbocycles. The van der Waals surface area contributed by atoms with E-state index in [1.807, 2.05) is 41.3 Å². The summed E-state index contributed by atoms with van der Waals surface area (Å²) in [5.41, 5.74) is 4.72. The number of hydrogen-bond acceptors (Lipinski definition) is 2. The number of amides is 1. The van der Waals surface area contributed by atoms with Gasteiger partial charge < -0.3 is 9.80 Å². The molecule has 1 aliphatic heterocycles. The SMILES string of the molecule is Cc1cccc(-c2cc(C(=O)N3CC[NH+](C)CC3)c3ccccc3n2)c1. The molecule has 1 fully saturated rings. The van der Waals surface area contributed by atoms with Gasteiger partial charge in [-0.2, -0.15) is 0 Å². The number of nitrogens with one attached hydrogen (secondary N) is 1. The second-order valence-electron chi connectivity index (χ2n) is 7.19. The highest BCUT2D eigenvalue weighted by molar-refractivity contribution is 6.07. The Hall–Kier alpha value is -2.72. The molecule has 0 bridgehead atoms. The summed E-state index contributed by atoms with van der Waals surface area (Å²) in [7, 11) is 2.18. The minimum atomic E-state index is 0.116. The molecule has 2 heterocycles. The maximum Gasteiger partial charge on any atom is 0.255 e. The van der Waals surface area contributed by atoms with Gasteiger partial charge in [0.15, 0.2) is 0 Å².